The number of hydrogen-bond donors (Lipinski definition) is 1. The van der Waals surface area contributed by atoms with Gasteiger partial charge in [-0.3, -0.25) is 0 Å². The SMILES string of the molecule is c1ccc(Oc2cccc(O[C@@H]3C[C@H]4CCC[C@@H](C3)N4)c2)cc1. The summed E-state index contributed by atoms with van der Waals surface area (Å²) in [4.78, 5) is 0. The zero-order valence-corrected chi connectivity index (χ0v) is 13.3. The van der Waals surface area contributed by atoms with Crippen LogP contribution in [0, 0.1) is 0 Å². The third-order valence-electron chi connectivity index (χ3n) is 4.76. The molecule has 2 saturated heterocycles. The van der Waals surface area contributed by atoms with Crippen LogP contribution in [0.2, 0.25) is 0 Å². The van der Waals surface area contributed by atoms with E-state index in [-0.39, 0.29) is 0 Å². The van der Waals surface area contributed by atoms with Gasteiger partial charge in [-0.1, -0.05) is 30.7 Å². The molecule has 3 heteroatoms. The van der Waals surface area contributed by atoms with Crippen molar-refractivity contribution in [1.29, 1.82) is 0 Å². The number of rotatable bonds is 4. The number of hydrogen-bond acceptors (Lipinski definition) is 3. The van der Waals surface area contributed by atoms with Crippen molar-refractivity contribution in [3.8, 4) is 17.2 Å². The summed E-state index contributed by atoms with van der Waals surface area (Å²) >= 11 is 0. The Morgan fingerprint density at radius 2 is 1.48 bits per heavy atom. The van der Waals surface area contributed by atoms with E-state index in [1.807, 2.05) is 54.6 Å². The summed E-state index contributed by atoms with van der Waals surface area (Å²) in [6.45, 7) is 0. The first-order valence-electron chi connectivity index (χ1n) is 8.61. The average molecular weight is 309 g/mol. The molecule has 0 saturated carbocycles. The van der Waals surface area contributed by atoms with Crippen LogP contribution in [0.25, 0.3) is 0 Å². The third-order valence-corrected chi connectivity index (χ3v) is 4.76. The van der Waals surface area contributed by atoms with Crippen LogP contribution in [-0.4, -0.2) is 18.2 Å². The molecule has 2 bridgehead atoms. The monoisotopic (exact) mass is 309 g/mol. The molecule has 120 valence electrons. The third kappa shape index (κ3) is 3.67. The predicted octanol–water partition coefficient (Wildman–Crippen LogP) is 4.53. The molecular weight excluding hydrogens is 286 g/mol. The van der Waals surface area contributed by atoms with Crippen molar-refractivity contribution >= 4 is 0 Å². The highest BCUT2D eigenvalue weighted by Gasteiger charge is 2.32. The molecule has 0 unspecified atom stereocenters. The zero-order chi connectivity index (χ0) is 15.5. The van der Waals surface area contributed by atoms with Gasteiger partial charge in [-0.25, -0.2) is 0 Å². The number of benzene rings is 2. The highest BCUT2D eigenvalue weighted by atomic mass is 16.5. The molecular formula is C20H23NO2. The average Bonchev–Trinajstić information content (AvgIpc) is 2.56. The lowest BCUT2D eigenvalue weighted by Crippen LogP contribution is -2.51. The normalized spacial score (nSPS) is 26.5. The van der Waals surface area contributed by atoms with Crippen LogP contribution in [0.1, 0.15) is 32.1 Å². The lowest BCUT2D eigenvalue weighted by Gasteiger charge is -2.40. The van der Waals surface area contributed by atoms with Crippen molar-refractivity contribution in [2.24, 2.45) is 0 Å². The molecule has 3 nitrogen and oxygen atoms in total. The smallest absolute Gasteiger partial charge is 0.131 e. The molecule has 0 aromatic heterocycles. The van der Waals surface area contributed by atoms with Gasteiger partial charge in [-0.15, -0.1) is 0 Å². The molecule has 2 heterocycles. The van der Waals surface area contributed by atoms with E-state index >= 15 is 0 Å². The fraction of sp³-hybridized carbons (Fsp3) is 0.400. The highest BCUT2D eigenvalue weighted by molar-refractivity contribution is 5.36. The van der Waals surface area contributed by atoms with Gasteiger partial charge in [0.1, 0.15) is 23.4 Å². The molecule has 0 amide bonds. The molecule has 3 atom stereocenters. The first-order chi connectivity index (χ1) is 11.3. The van der Waals surface area contributed by atoms with Gasteiger partial charge >= 0.3 is 0 Å². The minimum absolute atomic E-state index is 0.318. The van der Waals surface area contributed by atoms with Gasteiger partial charge in [0.2, 0.25) is 0 Å². The maximum atomic E-state index is 6.25. The Morgan fingerprint density at radius 1 is 0.783 bits per heavy atom. The van der Waals surface area contributed by atoms with Crippen LogP contribution in [-0.2, 0) is 0 Å². The molecule has 0 radical (unpaired) electrons. The minimum atomic E-state index is 0.318. The summed E-state index contributed by atoms with van der Waals surface area (Å²) in [7, 11) is 0. The highest BCUT2D eigenvalue weighted by Crippen LogP contribution is 2.30. The minimum Gasteiger partial charge on any atom is -0.490 e. The molecule has 2 fully saturated rings. The zero-order valence-electron chi connectivity index (χ0n) is 13.3. The van der Waals surface area contributed by atoms with E-state index in [1.165, 1.54) is 19.3 Å². The van der Waals surface area contributed by atoms with Gasteiger partial charge < -0.3 is 14.8 Å². The van der Waals surface area contributed by atoms with E-state index in [1.54, 1.807) is 0 Å². The van der Waals surface area contributed by atoms with Crippen molar-refractivity contribution in [3.05, 3.63) is 54.6 Å². The van der Waals surface area contributed by atoms with Crippen LogP contribution in [0.5, 0.6) is 17.2 Å². The molecule has 2 aliphatic heterocycles. The second-order valence-electron chi connectivity index (χ2n) is 6.59. The Kier molecular flexibility index (Phi) is 4.20. The number of ether oxygens (including phenoxy) is 2. The maximum absolute atomic E-state index is 6.25. The summed E-state index contributed by atoms with van der Waals surface area (Å²) in [5.41, 5.74) is 0. The van der Waals surface area contributed by atoms with Gasteiger partial charge in [0.15, 0.2) is 0 Å². The van der Waals surface area contributed by atoms with E-state index in [4.69, 9.17) is 9.47 Å². The molecule has 2 aromatic rings. The molecule has 0 spiro atoms. The summed E-state index contributed by atoms with van der Waals surface area (Å²) in [6.07, 6.45) is 6.47. The molecule has 4 rings (SSSR count). The van der Waals surface area contributed by atoms with Crippen LogP contribution < -0.4 is 14.8 Å². The van der Waals surface area contributed by atoms with E-state index in [9.17, 15) is 0 Å². The molecule has 2 aliphatic rings. The van der Waals surface area contributed by atoms with Gasteiger partial charge in [0.25, 0.3) is 0 Å². The summed E-state index contributed by atoms with van der Waals surface area (Å²) < 4.78 is 12.1. The Labute approximate surface area is 137 Å². The van der Waals surface area contributed by atoms with Crippen LogP contribution in [0.4, 0.5) is 0 Å². The Bertz CT molecular complexity index is 631. The lowest BCUT2D eigenvalue weighted by atomic mass is 9.85. The van der Waals surface area contributed by atoms with Crippen LogP contribution >= 0.6 is 0 Å². The van der Waals surface area contributed by atoms with Gasteiger partial charge in [0, 0.05) is 18.2 Å². The van der Waals surface area contributed by atoms with Crippen molar-refractivity contribution < 1.29 is 9.47 Å². The van der Waals surface area contributed by atoms with E-state index in [0.29, 0.717) is 18.2 Å². The predicted molar refractivity (Wildman–Crippen MR) is 91.2 cm³/mol. The molecule has 0 aliphatic carbocycles. The standard InChI is InChI=1S/C20H23NO2/c1-2-8-17(9-3-1)22-18-10-5-11-19(14-18)23-20-12-15-6-4-7-16(13-20)21-15/h1-3,5,8-11,14-16,20-21H,4,6-7,12-13H2/t15-,16+,20-. The number of para-hydroxylation sites is 1. The largest absolute Gasteiger partial charge is 0.490 e. The van der Waals surface area contributed by atoms with Crippen LogP contribution in [0.15, 0.2) is 54.6 Å². The van der Waals surface area contributed by atoms with Gasteiger partial charge in [-0.2, -0.15) is 0 Å². The van der Waals surface area contributed by atoms with E-state index in [2.05, 4.69) is 5.32 Å². The van der Waals surface area contributed by atoms with Crippen molar-refractivity contribution in [2.45, 2.75) is 50.3 Å². The topological polar surface area (TPSA) is 30.5 Å². The number of nitrogens with one attached hydrogen (secondary N) is 1. The fourth-order valence-electron chi connectivity index (χ4n) is 3.74. The Hall–Kier alpha value is -2.00. The van der Waals surface area contributed by atoms with Crippen molar-refractivity contribution in [2.75, 3.05) is 0 Å². The number of piperidine rings is 2. The number of fused-ring (bicyclic) bond motifs is 2. The van der Waals surface area contributed by atoms with Gasteiger partial charge in [-0.05, 0) is 49.9 Å². The Morgan fingerprint density at radius 3 is 2.26 bits per heavy atom. The second-order valence-corrected chi connectivity index (χ2v) is 6.59. The van der Waals surface area contributed by atoms with Gasteiger partial charge in [0.05, 0.1) is 0 Å². The quantitative estimate of drug-likeness (QED) is 0.900. The Balaban J connectivity index is 1.42. The fourth-order valence-corrected chi connectivity index (χ4v) is 3.74. The van der Waals surface area contributed by atoms with Crippen LogP contribution in [0.3, 0.4) is 0 Å². The summed E-state index contributed by atoms with van der Waals surface area (Å²) in [6, 6.07) is 19.1. The molecule has 23 heavy (non-hydrogen) atoms. The summed E-state index contributed by atoms with van der Waals surface area (Å²) in [5.74, 6) is 2.58. The van der Waals surface area contributed by atoms with E-state index < -0.39 is 0 Å². The molecule has 1 N–H and O–H groups in total. The summed E-state index contributed by atoms with van der Waals surface area (Å²) in [5, 5.41) is 3.71. The van der Waals surface area contributed by atoms with E-state index in [0.717, 1.165) is 30.1 Å². The van der Waals surface area contributed by atoms with Crippen molar-refractivity contribution in [3.63, 3.8) is 0 Å². The molecule has 2 aromatic carbocycles. The second kappa shape index (κ2) is 6.63. The first kappa shape index (κ1) is 14.6. The van der Waals surface area contributed by atoms with Crippen molar-refractivity contribution in [1.82, 2.24) is 5.32 Å². The maximum Gasteiger partial charge on any atom is 0.131 e. The lowest BCUT2D eigenvalue weighted by molar-refractivity contribution is 0.0926. The first-order valence-corrected chi connectivity index (χ1v) is 8.61.